The van der Waals surface area contributed by atoms with Crippen LogP contribution in [0.4, 0.5) is 5.00 Å². The standard InChI is InChI=1S/C6H2IN3O3S/c7-6-9-8-5(13-6)3-1-2-4(14-3)10(11)12/h1-2H. The number of nitrogens with zero attached hydrogens (tertiary/aromatic N) is 3. The molecule has 0 fully saturated rings. The van der Waals surface area contributed by atoms with Crippen molar-refractivity contribution in [2.45, 2.75) is 0 Å². The number of aromatic nitrogens is 2. The van der Waals surface area contributed by atoms with Crippen LogP contribution in [0.3, 0.4) is 0 Å². The second-order valence-corrected chi connectivity index (χ2v) is 4.24. The molecule has 0 aromatic carbocycles. The highest BCUT2D eigenvalue weighted by Gasteiger charge is 2.14. The molecule has 2 aromatic heterocycles. The number of hydrogen-bond acceptors (Lipinski definition) is 6. The molecule has 0 radical (unpaired) electrons. The first-order valence-corrected chi connectivity index (χ1v) is 5.30. The summed E-state index contributed by atoms with van der Waals surface area (Å²) >= 11 is 2.89. The maximum absolute atomic E-state index is 10.4. The van der Waals surface area contributed by atoms with Crippen LogP contribution in [0, 0.1) is 14.0 Å². The molecule has 0 aliphatic rings. The highest BCUT2D eigenvalue weighted by molar-refractivity contribution is 14.1. The van der Waals surface area contributed by atoms with Crippen LogP contribution in [-0.4, -0.2) is 15.1 Å². The zero-order valence-corrected chi connectivity index (χ0v) is 9.48. The van der Waals surface area contributed by atoms with E-state index in [4.69, 9.17) is 4.42 Å². The van der Waals surface area contributed by atoms with Gasteiger partial charge in [0.25, 0.3) is 9.79 Å². The molecule has 6 nitrogen and oxygen atoms in total. The van der Waals surface area contributed by atoms with Gasteiger partial charge in [0.2, 0.25) is 0 Å². The minimum Gasteiger partial charge on any atom is -0.411 e. The van der Waals surface area contributed by atoms with E-state index in [1.54, 1.807) is 6.07 Å². The monoisotopic (exact) mass is 323 g/mol. The topological polar surface area (TPSA) is 82.1 Å². The van der Waals surface area contributed by atoms with Gasteiger partial charge >= 0.3 is 5.00 Å². The molecule has 0 atom stereocenters. The first-order valence-electron chi connectivity index (χ1n) is 3.40. The Kier molecular flexibility index (Phi) is 2.46. The highest BCUT2D eigenvalue weighted by Crippen LogP contribution is 2.31. The summed E-state index contributed by atoms with van der Waals surface area (Å²) < 4.78 is 5.53. The molecule has 0 spiro atoms. The fourth-order valence-corrected chi connectivity index (χ4v) is 1.90. The van der Waals surface area contributed by atoms with Gasteiger partial charge in [-0.05, 0) is 6.07 Å². The van der Waals surface area contributed by atoms with Crippen LogP contribution in [-0.2, 0) is 0 Å². The van der Waals surface area contributed by atoms with E-state index in [0.717, 1.165) is 11.3 Å². The molecule has 2 aromatic rings. The maximum atomic E-state index is 10.4. The first-order chi connectivity index (χ1) is 6.66. The van der Waals surface area contributed by atoms with Gasteiger partial charge in [0.05, 0.1) is 9.80 Å². The summed E-state index contributed by atoms with van der Waals surface area (Å²) in [5, 5.41) is 17.8. The molecule has 72 valence electrons. The number of thiophene rings is 1. The summed E-state index contributed by atoms with van der Waals surface area (Å²) in [5.41, 5.74) is 0. The van der Waals surface area contributed by atoms with E-state index < -0.39 is 4.92 Å². The molecule has 0 aliphatic carbocycles. The van der Waals surface area contributed by atoms with Crippen molar-refractivity contribution in [3.05, 3.63) is 26.1 Å². The molecule has 0 saturated heterocycles. The van der Waals surface area contributed by atoms with Crippen molar-refractivity contribution >= 4 is 38.9 Å². The summed E-state index contributed by atoms with van der Waals surface area (Å²) in [5.74, 6) is 0.313. The predicted octanol–water partition coefficient (Wildman–Crippen LogP) is 2.31. The van der Waals surface area contributed by atoms with Gasteiger partial charge in [0.15, 0.2) is 0 Å². The van der Waals surface area contributed by atoms with E-state index in [1.165, 1.54) is 6.07 Å². The Morgan fingerprint density at radius 2 is 2.29 bits per heavy atom. The Balaban J connectivity index is 2.38. The SMILES string of the molecule is O=[N+]([O-])c1ccc(-c2nnc(I)o2)s1. The van der Waals surface area contributed by atoms with Crippen molar-refractivity contribution in [1.29, 1.82) is 0 Å². The smallest absolute Gasteiger partial charge is 0.324 e. The van der Waals surface area contributed by atoms with Crippen molar-refractivity contribution in [2.24, 2.45) is 0 Å². The average molecular weight is 323 g/mol. The van der Waals surface area contributed by atoms with Gasteiger partial charge in [0.1, 0.15) is 0 Å². The largest absolute Gasteiger partial charge is 0.411 e. The summed E-state index contributed by atoms with van der Waals surface area (Å²) in [6.07, 6.45) is 0. The molecule has 0 bridgehead atoms. The van der Waals surface area contributed by atoms with Crippen molar-refractivity contribution in [2.75, 3.05) is 0 Å². The molecule has 8 heteroatoms. The molecule has 2 heterocycles. The highest BCUT2D eigenvalue weighted by atomic mass is 127. The van der Waals surface area contributed by atoms with E-state index in [2.05, 4.69) is 10.2 Å². The van der Waals surface area contributed by atoms with E-state index in [0.29, 0.717) is 14.7 Å². The minimum atomic E-state index is -0.449. The Labute approximate surface area is 95.2 Å². The average Bonchev–Trinajstić information content (AvgIpc) is 2.70. The number of halogens is 1. The third kappa shape index (κ3) is 1.75. The fraction of sp³-hybridized carbons (Fsp3) is 0. The van der Waals surface area contributed by atoms with Gasteiger partial charge in [-0.25, -0.2) is 0 Å². The lowest BCUT2D eigenvalue weighted by molar-refractivity contribution is -0.380. The Morgan fingerprint density at radius 1 is 1.50 bits per heavy atom. The number of hydrogen-bond donors (Lipinski definition) is 0. The van der Waals surface area contributed by atoms with Gasteiger partial charge < -0.3 is 4.42 Å². The quantitative estimate of drug-likeness (QED) is 0.481. The zero-order chi connectivity index (χ0) is 10.1. The number of rotatable bonds is 2. The molecule has 0 amide bonds. The second kappa shape index (κ2) is 3.61. The van der Waals surface area contributed by atoms with Gasteiger partial charge in [-0.2, -0.15) is 0 Å². The van der Waals surface area contributed by atoms with Gasteiger partial charge in [-0.1, -0.05) is 11.3 Å². The van der Waals surface area contributed by atoms with E-state index >= 15 is 0 Å². The maximum Gasteiger partial charge on any atom is 0.324 e. The van der Waals surface area contributed by atoms with Crippen LogP contribution in [0.25, 0.3) is 10.8 Å². The lowest BCUT2D eigenvalue weighted by Crippen LogP contribution is -1.80. The molecule has 0 saturated carbocycles. The van der Waals surface area contributed by atoms with Crippen LogP contribution < -0.4 is 0 Å². The molecule has 0 aliphatic heterocycles. The molecular formula is C6H2IN3O3S. The van der Waals surface area contributed by atoms with Crippen LogP contribution in [0.5, 0.6) is 0 Å². The van der Waals surface area contributed by atoms with Crippen molar-refractivity contribution < 1.29 is 9.34 Å². The first kappa shape index (κ1) is 9.52. The van der Waals surface area contributed by atoms with Crippen LogP contribution in [0.2, 0.25) is 0 Å². The van der Waals surface area contributed by atoms with E-state index in [-0.39, 0.29) is 5.00 Å². The van der Waals surface area contributed by atoms with Crippen molar-refractivity contribution in [3.63, 3.8) is 0 Å². The third-order valence-electron chi connectivity index (χ3n) is 1.38. The summed E-state index contributed by atoms with van der Waals surface area (Å²) in [6.45, 7) is 0. The lowest BCUT2D eigenvalue weighted by atomic mass is 10.5. The van der Waals surface area contributed by atoms with E-state index in [1.807, 2.05) is 22.6 Å². The summed E-state index contributed by atoms with van der Waals surface area (Å²) in [6, 6.07) is 3.00. The zero-order valence-electron chi connectivity index (χ0n) is 6.51. The van der Waals surface area contributed by atoms with E-state index in [9.17, 15) is 10.1 Å². The Hall–Kier alpha value is -1.03. The molecule has 0 unspecified atom stereocenters. The Morgan fingerprint density at radius 3 is 2.79 bits per heavy atom. The normalized spacial score (nSPS) is 10.4. The van der Waals surface area contributed by atoms with Crippen molar-refractivity contribution in [3.8, 4) is 10.8 Å². The van der Waals surface area contributed by atoms with Crippen LogP contribution >= 0.6 is 33.9 Å². The summed E-state index contributed by atoms with van der Waals surface area (Å²) in [4.78, 5) is 10.6. The Bertz CT molecular complexity index is 480. The van der Waals surface area contributed by atoms with Gasteiger partial charge in [-0.3, -0.25) is 10.1 Å². The van der Waals surface area contributed by atoms with Gasteiger partial charge in [-0.15, -0.1) is 10.2 Å². The van der Waals surface area contributed by atoms with Crippen LogP contribution in [0.1, 0.15) is 0 Å². The fourth-order valence-electron chi connectivity index (χ4n) is 0.846. The summed E-state index contributed by atoms with van der Waals surface area (Å²) in [7, 11) is 0. The predicted molar refractivity (Wildman–Crippen MR) is 57.0 cm³/mol. The molecule has 0 N–H and O–H groups in total. The molecule has 2 rings (SSSR count). The molecule has 14 heavy (non-hydrogen) atoms. The second-order valence-electron chi connectivity index (χ2n) is 2.26. The molecular weight excluding hydrogens is 321 g/mol. The van der Waals surface area contributed by atoms with Gasteiger partial charge in [0, 0.05) is 28.7 Å². The van der Waals surface area contributed by atoms with Crippen LogP contribution in [0.15, 0.2) is 16.5 Å². The lowest BCUT2D eigenvalue weighted by Gasteiger charge is -1.83. The van der Waals surface area contributed by atoms with Crippen molar-refractivity contribution in [1.82, 2.24) is 10.2 Å². The third-order valence-corrected chi connectivity index (χ3v) is 2.84. The minimum absolute atomic E-state index is 0.0632. The number of nitro groups is 1.